The molecule has 2 aromatic carbocycles. The molecule has 0 saturated heterocycles. The average Bonchev–Trinajstić information content (AvgIpc) is 3.17. The van der Waals surface area contributed by atoms with E-state index in [2.05, 4.69) is 23.3 Å². The van der Waals surface area contributed by atoms with Crippen molar-refractivity contribution < 1.29 is 9.15 Å². The molecule has 0 aliphatic heterocycles. The number of anilines is 2. The zero-order valence-corrected chi connectivity index (χ0v) is 15.0. The van der Waals surface area contributed by atoms with E-state index in [4.69, 9.17) is 14.1 Å². The predicted molar refractivity (Wildman–Crippen MR) is 101 cm³/mol. The number of aryl methyl sites for hydroxylation is 2. The third-order valence-corrected chi connectivity index (χ3v) is 4.86. The van der Waals surface area contributed by atoms with Gasteiger partial charge in [-0.15, -0.1) is 11.3 Å². The molecule has 25 heavy (non-hydrogen) atoms. The number of ether oxygens (including phenoxy) is 1. The highest BCUT2D eigenvalue weighted by Crippen LogP contribution is 2.34. The smallest absolute Gasteiger partial charge is 0.302 e. The molecule has 2 heterocycles. The van der Waals surface area contributed by atoms with Gasteiger partial charge in [0, 0.05) is 10.4 Å². The maximum atomic E-state index is 5.70. The zero-order chi connectivity index (χ0) is 17.4. The Balaban J connectivity index is 1.64. The van der Waals surface area contributed by atoms with Crippen molar-refractivity contribution >= 4 is 33.6 Å². The molecule has 0 atom stereocenters. The summed E-state index contributed by atoms with van der Waals surface area (Å²) in [6.45, 7) is 4.09. The highest BCUT2D eigenvalue weighted by atomic mass is 32.1. The first-order chi connectivity index (χ1) is 12.1. The SMILES string of the molecule is COc1ccc(-c2nc(Nc3nc4ccccc4o3)sc2C)cc1C. The van der Waals surface area contributed by atoms with Crippen molar-refractivity contribution in [1.82, 2.24) is 9.97 Å². The van der Waals surface area contributed by atoms with E-state index in [-0.39, 0.29) is 0 Å². The van der Waals surface area contributed by atoms with Crippen LogP contribution in [0.4, 0.5) is 11.1 Å². The van der Waals surface area contributed by atoms with Crippen LogP contribution in [0, 0.1) is 13.8 Å². The predicted octanol–water partition coefficient (Wildman–Crippen LogP) is 5.32. The van der Waals surface area contributed by atoms with Gasteiger partial charge in [0.1, 0.15) is 11.3 Å². The first kappa shape index (κ1) is 15.7. The van der Waals surface area contributed by atoms with Gasteiger partial charge in [-0.25, -0.2) is 4.98 Å². The lowest BCUT2D eigenvalue weighted by Crippen LogP contribution is -1.90. The van der Waals surface area contributed by atoms with Crippen LogP contribution in [0.25, 0.3) is 22.4 Å². The van der Waals surface area contributed by atoms with Gasteiger partial charge in [0.25, 0.3) is 0 Å². The Kier molecular flexibility index (Phi) is 3.89. The number of hydrogen-bond acceptors (Lipinski definition) is 6. The molecule has 0 aliphatic rings. The van der Waals surface area contributed by atoms with Crippen LogP contribution in [0.5, 0.6) is 5.75 Å². The summed E-state index contributed by atoms with van der Waals surface area (Å²) in [5, 5.41) is 3.92. The fraction of sp³-hybridized carbons (Fsp3) is 0.158. The Labute approximate surface area is 149 Å². The monoisotopic (exact) mass is 351 g/mol. The van der Waals surface area contributed by atoms with Crippen molar-refractivity contribution in [2.24, 2.45) is 0 Å². The molecule has 4 aromatic rings. The third-order valence-electron chi connectivity index (χ3n) is 3.97. The van der Waals surface area contributed by atoms with Gasteiger partial charge < -0.3 is 9.15 Å². The molecule has 0 unspecified atom stereocenters. The van der Waals surface area contributed by atoms with E-state index in [0.717, 1.165) is 43.7 Å². The van der Waals surface area contributed by atoms with Crippen LogP contribution in [0.1, 0.15) is 10.4 Å². The van der Waals surface area contributed by atoms with E-state index in [0.29, 0.717) is 6.01 Å². The van der Waals surface area contributed by atoms with Gasteiger partial charge in [0.2, 0.25) is 0 Å². The van der Waals surface area contributed by atoms with E-state index in [1.807, 2.05) is 43.3 Å². The number of oxazole rings is 1. The molecule has 1 N–H and O–H groups in total. The Hall–Kier alpha value is -2.86. The fourth-order valence-electron chi connectivity index (χ4n) is 2.76. The summed E-state index contributed by atoms with van der Waals surface area (Å²) in [6.07, 6.45) is 0. The first-order valence-electron chi connectivity index (χ1n) is 7.89. The average molecular weight is 351 g/mol. The van der Waals surface area contributed by atoms with Crippen LogP contribution in [0.15, 0.2) is 46.9 Å². The molecule has 0 radical (unpaired) electrons. The van der Waals surface area contributed by atoms with E-state index >= 15 is 0 Å². The summed E-state index contributed by atoms with van der Waals surface area (Å²) in [5.41, 5.74) is 4.68. The van der Waals surface area contributed by atoms with Gasteiger partial charge in [-0.2, -0.15) is 4.98 Å². The molecule has 4 rings (SSSR count). The largest absolute Gasteiger partial charge is 0.496 e. The summed E-state index contributed by atoms with van der Waals surface area (Å²) in [5.74, 6) is 0.876. The normalized spacial score (nSPS) is 11.0. The quantitative estimate of drug-likeness (QED) is 0.539. The van der Waals surface area contributed by atoms with Gasteiger partial charge in [-0.1, -0.05) is 12.1 Å². The number of hydrogen-bond donors (Lipinski definition) is 1. The second kappa shape index (κ2) is 6.22. The van der Waals surface area contributed by atoms with Crippen molar-refractivity contribution in [3.05, 3.63) is 52.9 Å². The number of rotatable bonds is 4. The van der Waals surface area contributed by atoms with Crippen molar-refractivity contribution in [3.63, 3.8) is 0 Å². The number of aromatic nitrogens is 2. The highest BCUT2D eigenvalue weighted by Gasteiger charge is 2.13. The number of para-hydroxylation sites is 2. The first-order valence-corrected chi connectivity index (χ1v) is 8.71. The van der Waals surface area contributed by atoms with Crippen molar-refractivity contribution in [3.8, 4) is 17.0 Å². The van der Waals surface area contributed by atoms with Crippen molar-refractivity contribution in [2.75, 3.05) is 12.4 Å². The Morgan fingerprint density at radius 2 is 1.92 bits per heavy atom. The standard InChI is InChI=1S/C19H17N3O2S/c1-11-10-13(8-9-15(11)23-3)17-12(2)25-19(21-17)22-18-20-14-6-4-5-7-16(14)24-18/h4-10H,1-3H3,(H,20,21,22). The number of fused-ring (bicyclic) bond motifs is 1. The Bertz CT molecular complexity index is 1020. The minimum Gasteiger partial charge on any atom is -0.496 e. The minimum absolute atomic E-state index is 0.451. The number of methoxy groups -OCH3 is 1. The summed E-state index contributed by atoms with van der Waals surface area (Å²) in [7, 11) is 1.68. The maximum absolute atomic E-state index is 5.70. The molecule has 0 fully saturated rings. The molecule has 126 valence electrons. The Morgan fingerprint density at radius 3 is 2.68 bits per heavy atom. The van der Waals surface area contributed by atoms with Gasteiger partial charge in [0.05, 0.1) is 12.8 Å². The molecule has 0 bridgehead atoms. The molecule has 6 heteroatoms. The topological polar surface area (TPSA) is 60.2 Å². The molecular weight excluding hydrogens is 334 g/mol. The number of thiazole rings is 1. The molecule has 0 saturated carbocycles. The lowest BCUT2D eigenvalue weighted by atomic mass is 10.1. The highest BCUT2D eigenvalue weighted by molar-refractivity contribution is 7.16. The van der Waals surface area contributed by atoms with Crippen LogP contribution in [-0.4, -0.2) is 17.1 Å². The molecular formula is C19H17N3O2S. The fourth-order valence-corrected chi connectivity index (χ4v) is 3.59. The van der Waals surface area contributed by atoms with Gasteiger partial charge in [0.15, 0.2) is 10.7 Å². The number of nitrogens with zero attached hydrogens (tertiary/aromatic N) is 2. The second-order valence-electron chi connectivity index (χ2n) is 5.72. The summed E-state index contributed by atoms with van der Waals surface area (Å²) in [4.78, 5) is 10.3. The zero-order valence-electron chi connectivity index (χ0n) is 14.2. The van der Waals surface area contributed by atoms with Crippen molar-refractivity contribution in [1.29, 1.82) is 0 Å². The Morgan fingerprint density at radius 1 is 1.08 bits per heavy atom. The summed E-state index contributed by atoms with van der Waals surface area (Å²) in [6, 6.07) is 14.2. The number of nitrogens with one attached hydrogen (secondary N) is 1. The van der Waals surface area contributed by atoms with Gasteiger partial charge >= 0.3 is 6.01 Å². The van der Waals surface area contributed by atoms with Crippen LogP contribution in [-0.2, 0) is 0 Å². The molecule has 0 amide bonds. The minimum atomic E-state index is 0.451. The maximum Gasteiger partial charge on any atom is 0.302 e. The summed E-state index contributed by atoms with van der Waals surface area (Å²) >= 11 is 1.58. The molecule has 0 spiro atoms. The summed E-state index contributed by atoms with van der Waals surface area (Å²) < 4.78 is 11.0. The van der Waals surface area contributed by atoms with E-state index < -0.39 is 0 Å². The van der Waals surface area contributed by atoms with E-state index in [1.54, 1.807) is 18.4 Å². The van der Waals surface area contributed by atoms with Crippen LogP contribution in [0.2, 0.25) is 0 Å². The van der Waals surface area contributed by atoms with Gasteiger partial charge in [-0.05, 0) is 49.7 Å². The van der Waals surface area contributed by atoms with Crippen LogP contribution >= 0.6 is 11.3 Å². The molecule has 0 aliphatic carbocycles. The third kappa shape index (κ3) is 2.96. The number of benzene rings is 2. The van der Waals surface area contributed by atoms with E-state index in [9.17, 15) is 0 Å². The lowest BCUT2D eigenvalue weighted by molar-refractivity contribution is 0.412. The molecule has 2 aromatic heterocycles. The van der Waals surface area contributed by atoms with Crippen LogP contribution < -0.4 is 10.1 Å². The van der Waals surface area contributed by atoms with E-state index in [1.165, 1.54) is 0 Å². The van der Waals surface area contributed by atoms with Gasteiger partial charge in [-0.3, -0.25) is 5.32 Å². The van der Waals surface area contributed by atoms with Crippen molar-refractivity contribution in [2.45, 2.75) is 13.8 Å². The molecule has 5 nitrogen and oxygen atoms in total. The van der Waals surface area contributed by atoms with Crippen LogP contribution in [0.3, 0.4) is 0 Å². The lowest BCUT2D eigenvalue weighted by Gasteiger charge is -2.06. The second-order valence-corrected chi connectivity index (χ2v) is 6.92.